The van der Waals surface area contributed by atoms with E-state index in [2.05, 4.69) is 10.1 Å². The molecule has 0 atom stereocenters. The molecule has 6 heteroatoms. The summed E-state index contributed by atoms with van der Waals surface area (Å²) in [4.78, 5) is 14.7. The van der Waals surface area contributed by atoms with Crippen molar-refractivity contribution in [3.63, 3.8) is 0 Å². The van der Waals surface area contributed by atoms with Gasteiger partial charge in [0.1, 0.15) is 18.1 Å². The number of aromatic carboxylic acids is 1. The van der Waals surface area contributed by atoms with Gasteiger partial charge in [0.25, 0.3) is 0 Å². The Morgan fingerprint density at radius 3 is 3.00 bits per heavy atom. The predicted octanol–water partition coefficient (Wildman–Crippen LogP) is 1.06. The van der Waals surface area contributed by atoms with E-state index >= 15 is 0 Å². The van der Waals surface area contributed by atoms with Gasteiger partial charge in [0, 0.05) is 12.4 Å². The number of nitrogens with zero attached hydrogens (tertiary/aromatic N) is 3. The minimum absolute atomic E-state index is 0.153. The van der Waals surface area contributed by atoms with Gasteiger partial charge in [0.2, 0.25) is 0 Å². The Kier molecular flexibility index (Phi) is 3.34. The van der Waals surface area contributed by atoms with E-state index in [0.29, 0.717) is 18.9 Å². The maximum Gasteiger partial charge on any atom is 0.354 e. The first kappa shape index (κ1) is 11.1. The lowest BCUT2D eigenvalue weighted by Crippen LogP contribution is -2.15. The van der Waals surface area contributed by atoms with E-state index in [1.54, 1.807) is 24.5 Å². The van der Waals surface area contributed by atoms with Crippen LogP contribution >= 0.6 is 0 Å². The summed E-state index contributed by atoms with van der Waals surface area (Å²) >= 11 is 0. The highest BCUT2D eigenvalue weighted by Gasteiger charge is 2.09. The van der Waals surface area contributed by atoms with Gasteiger partial charge in [-0.1, -0.05) is 0 Å². The zero-order valence-corrected chi connectivity index (χ0v) is 8.98. The molecular formula is C11H11N3O3. The minimum Gasteiger partial charge on any atom is -0.490 e. The van der Waals surface area contributed by atoms with E-state index in [1.807, 2.05) is 0 Å². The van der Waals surface area contributed by atoms with E-state index in [-0.39, 0.29) is 5.69 Å². The van der Waals surface area contributed by atoms with Crippen molar-refractivity contribution in [1.29, 1.82) is 0 Å². The molecule has 1 N–H and O–H groups in total. The Hall–Kier alpha value is -2.37. The molecule has 0 saturated carbocycles. The number of ether oxygens (including phenoxy) is 1. The zero-order valence-electron chi connectivity index (χ0n) is 8.98. The van der Waals surface area contributed by atoms with Crippen molar-refractivity contribution in [2.75, 3.05) is 6.61 Å². The van der Waals surface area contributed by atoms with Gasteiger partial charge in [-0.05, 0) is 18.2 Å². The largest absolute Gasteiger partial charge is 0.490 e. The van der Waals surface area contributed by atoms with E-state index in [1.165, 1.54) is 16.9 Å². The molecule has 0 bridgehead atoms. The Morgan fingerprint density at radius 1 is 1.41 bits per heavy atom. The number of pyridine rings is 1. The maximum atomic E-state index is 10.8. The van der Waals surface area contributed by atoms with Gasteiger partial charge < -0.3 is 9.84 Å². The smallest absolute Gasteiger partial charge is 0.354 e. The lowest BCUT2D eigenvalue weighted by Gasteiger charge is -2.06. The molecule has 0 saturated heterocycles. The van der Waals surface area contributed by atoms with Crippen LogP contribution in [0.1, 0.15) is 10.5 Å². The first-order chi connectivity index (χ1) is 8.27. The van der Waals surface area contributed by atoms with Gasteiger partial charge in [-0.15, -0.1) is 0 Å². The predicted molar refractivity (Wildman–Crippen MR) is 58.9 cm³/mol. The monoisotopic (exact) mass is 233 g/mol. The number of aromatic nitrogens is 3. The van der Waals surface area contributed by atoms with Crippen molar-refractivity contribution in [1.82, 2.24) is 14.8 Å². The third kappa shape index (κ3) is 2.81. The molecule has 0 unspecified atom stereocenters. The van der Waals surface area contributed by atoms with Gasteiger partial charge in [0.15, 0.2) is 0 Å². The number of hydrogen-bond acceptors (Lipinski definition) is 4. The van der Waals surface area contributed by atoms with Gasteiger partial charge in [-0.2, -0.15) is 5.10 Å². The number of rotatable bonds is 5. The fraction of sp³-hybridized carbons (Fsp3) is 0.182. The van der Waals surface area contributed by atoms with Crippen molar-refractivity contribution in [3.8, 4) is 5.75 Å². The molecule has 6 nitrogen and oxygen atoms in total. The lowest BCUT2D eigenvalue weighted by atomic mass is 10.4. The van der Waals surface area contributed by atoms with E-state index in [0.717, 1.165) is 0 Å². The summed E-state index contributed by atoms with van der Waals surface area (Å²) in [5.74, 6) is -0.347. The van der Waals surface area contributed by atoms with Crippen LogP contribution in [0.5, 0.6) is 5.75 Å². The van der Waals surface area contributed by atoms with Gasteiger partial charge in [-0.25, -0.2) is 4.79 Å². The molecule has 2 heterocycles. The number of carboxylic acids is 1. The van der Waals surface area contributed by atoms with Gasteiger partial charge in [0.05, 0.1) is 12.7 Å². The van der Waals surface area contributed by atoms with Crippen molar-refractivity contribution in [3.05, 3.63) is 42.5 Å². The second-order valence-corrected chi connectivity index (χ2v) is 3.28. The summed E-state index contributed by atoms with van der Waals surface area (Å²) in [6, 6.07) is 5.01. The van der Waals surface area contributed by atoms with E-state index in [4.69, 9.17) is 9.84 Å². The highest BCUT2D eigenvalue weighted by molar-refractivity contribution is 5.85. The molecule has 0 spiro atoms. The van der Waals surface area contributed by atoms with E-state index in [9.17, 15) is 4.79 Å². The summed E-state index contributed by atoms with van der Waals surface area (Å²) in [6.45, 7) is 0.719. The quantitative estimate of drug-likeness (QED) is 0.835. The molecular weight excluding hydrogens is 222 g/mol. The normalized spacial score (nSPS) is 10.1. The number of carbonyl (C=O) groups is 1. The van der Waals surface area contributed by atoms with Crippen LogP contribution in [0.3, 0.4) is 0 Å². The fourth-order valence-electron chi connectivity index (χ4n) is 1.37. The van der Waals surface area contributed by atoms with Crippen LogP contribution in [0.2, 0.25) is 0 Å². The Balaban J connectivity index is 1.90. The van der Waals surface area contributed by atoms with E-state index < -0.39 is 5.97 Å². The molecule has 0 radical (unpaired) electrons. The zero-order chi connectivity index (χ0) is 12.1. The first-order valence-electron chi connectivity index (χ1n) is 5.05. The van der Waals surface area contributed by atoms with Crippen LogP contribution in [0.15, 0.2) is 36.8 Å². The highest BCUT2D eigenvalue weighted by Crippen LogP contribution is 2.06. The molecule has 0 aliphatic rings. The molecule has 2 aromatic heterocycles. The minimum atomic E-state index is -0.996. The SMILES string of the molecule is O=C(O)c1ccnn1CCOc1cccnc1. The average Bonchev–Trinajstić information content (AvgIpc) is 2.79. The molecule has 17 heavy (non-hydrogen) atoms. The lowest BCUT2D eigenvalue weighted by molar-refractivity contribution is 0.0682. The van der Waals surface area contributed by atoms with Crippen LogP contribution in [0, 0.1) is 0 Å². The first-order valence-corrected chi connectivity index (χ1v) is 5.05. The molecule has 0 aromatic carbocycles. The second-order valence-electron chi connectivity index (χ2n) is 3.28. The Labute approximate surface area is 97.5 Å². The van der Waals surface area contributed by atoms with Crippen molar-refractivity contribution in [2.24, 2.45) is 0 Å². The maximum absolute atomic E-state index is 10.8. The molecule has 0 aliphatic heterocycles. The molecule has 0 amide bonds. The molecule has 88 valence electrons. The summed E-state index contributed by atoms with van der Waals surface area (Å²) in [5, 5.41) is 12.8. The standard InChI is InChI=1S/C11H11N3O3/c15-11(16)10-3-5-13-14(10)6-7-17-9-2-1-4-12-8-9/h1-5,8H,6-7H2,(H,15,16). The van der Waals surface area contributed by atoms with Gasteiger partial charge >= 0.3 is 5.97 Å². The number of carboxylic acid groups (broad SMARTS) is 1. The number of hydrogen-bond donors (Lipinski definition) is 1. The van der Waals surface area contributed by atoms with Crippen molar-refractivity contribution < 1.29 is 14.6 Å². The summed E-state index contributed by atoms with van der Waals surface area (Å²) < 4.78 is 6.79. The summed E-state index contributed by atoms with van der Waals surface area (Å²) in [7, 11) is 0. The third-order valence-corrected chi connectivity index (χ3v) is 2.14. The Morgan fingerprint density at radius 2 is 2.29 bits per heavy atom. The van der Waals surface area contributed by atoms with Crippen LogP contribution in [0.25, 0.3) is 0 Å². The fourth-order valence-corrected chi connectivity index (χ4v) is 1.37. The third-order valence-electron chi connectivity index (χ3n) is 2.14. The Bertz CT molecular complexity index is 496. The summed E-state index contributed by atoms with van der Waals surface area (Å²) in [6.07, 6.45) is 4.71. The molecule has 2 aromatic rings. The van der Waals surface area contributed by atoms with Crippen molar-refractivity contribution in [2.45, 2.75) is 6.54 Å². The average molecular weight is 233 g/mol. The molecule has 0 fully saturated rings. The second kappa shape index (κ2) is 5.11. The van der Waals surface area contributed by atoms with Crippen LogP contribution in [0.4, 0.5) is 0 Å². The van der Waals surface area contributed by atoms with Crippen LogP contribution in [-0.4, -0.2) is 32.4 Å². The van der Waals surface area contributed by atoms with Gasteiger partial charge in [-0.3, -0.25) is 9.67 Å². The van der Waals surface area contributed by atoms with Crippen molar-refractivity contribution >= 4 is 5.97 Å². The molecule has 2 rings (SSSR count). The topological polar surface area (TPSA) is 77.2 Å². The highest BCUT2D eigenvalue weighted by atomic mass is 16.5. The van der Waals surface area contributed by atoms with Crippen LogP contribution < -0.4 is 4.74 Å². The summed E-state index contributed by atoms with van der Waals surface area (Å²) in [5.41, 5.74) is 0.153. The molecule has 0 aliphatic carbocycles. The van der Waals surface area contributed by atoms with Crippen LogP contribution in [-0.2, 0) is 6.54 Å².